The van der Waals surface area contributed by atoms with Crippen molar-refractivity contribution in [2.75, 3.05) is 0 Å². The van der Waals surface area contributed by atoms with E-state index in [1.54, 1.807) is 22.7 Å². The van der Waals surface area contributed by atoms with Crippen molar-refractivity contribution in [1.29, 1.82) is 0 Å². The number of ketones is 1. The topological polar surface area (TPSA) is 30.0 Å². The number of rotatable bonds is 2. The van der Waals surface area contributed by atoms with Gasteiger partial charge in [-0.15, -0.1) is 22.7 Å². The van der Waals surface area contributed by atoms with E-state index in [1.165, 1.54) is 4.88 Å². The standard InChI is InChI=1S/C18H13NOS2/c20-17-13(8-7-12-4-1-2-5-15(12)17)10-14-11-22-18(19-14)16-6-3-9-21-16/h1-6,9-11H,7-8H2. The third kappa shape index (κ3) is 2.45. The summed E-state index contributed by atoms with van der Waals surface area (Å²) in [5, 5.41) is 5.09. The molecule has 2 heterocycles. The van der Waals surface area contributed by atoms with Gasteiger partial charge in [0.2, 0.25) is 0 Å². The minimum absolute atomic E-state index is 0.146. The van der Waals surface area contributed by atoms with E-state index in [0.717, 1.165) is 40.2 Å². The predicted molar refractivity (Wildman–Crippen MR) is 92.5 cm³/mol. The van der Waals surface area contributed by atoms with Crippen molar-refractivity contribution < 1.29 is 4.79 Å². The summed E-state index contributed by atoms with van der Waals surface area (Å²) in [4.78, 5) is 18.4. The molecule has 0 atom stereocenters. The molecular weight excluding hydrogens is 310 g/mol. The lowest BCUT2D eigenvalue weighted by Crippen LogP contribution is -2.13. The van der Waals surface area contributed by atoms with E-state index in [0.29, 0.717) is 0 Å². The van der Waals surface area contributed by atoms with Gasteiger partial charge in [0.25, 0.3) is 0 Å². The van der Waals surface area contributed by atoms with Crippen molar-refractivity contribution >= 4 is 34.5 Å². The second-order valence-electron chi connectivity index (χ2n) is 5.21. The number of thiazole rings is 1. The molecule has 4 rings (SSSR count). The molecule has 0 N–H and O–H groups in total. The summed E-state index contributed by atoms with van der Waals surface area (Å²) in [5.74, 6) is 0.146. The van der Waals surface area contributed by atoms with Crippen LogP contribution in [0.25, 0.3) is 16.0 Å². The Morgan fingerprint density at radius 2 is 1.95 bits per heavy atom. The van der Waals surface area contributed by atoms with E-state index in [2.05, 4.69) is 16.4 Å². The lowest BCUT2D eigenvalue weighted by Gasteiger charge is -2.16. The Morgan fingerprint density at radius 1 is 1.05 bits per heavy atom. The summed E-state index contributed by atoms with van der Waals surface area (Å²) >= 11 is 3.31. The van der Waals surface area contributed by atoms with E-state index in [-0.39, 0.29) is 5.78 Å². The average molecular weight is 323 g/mol. The van der Waals surface area contributed by atoms with Crippen molar-refractivity contribution in [3.05, 3.63) is 69.6 Å². The Labute approximate surface area is 136 Å². The number of hydrogen-bond donors (Lipinski definition) is 0. The molecule has 0 unspecified atom stereocenters. The summed E-state index contributed by atoms with van der Waals surface area (Å²) < 4.78 is 0. The number of hydrogen-bond acceptors (Lipinski definition) is 4. The SMILES string of the molecule is O=C1C(=Cc2csc(-c3cccs3)n2)CCc2ccccc21. The molecule has 22 heavy (non-hydrogen) atoms. The normalized spacial score (nSPS) is 16.0. The van der Waals surface area contributed by atoms with Crippen LogP contribution in [0.1, 0.15) is 28.0 Å². The predicted octanol–water partition coefficient (Wildman–Crippen LogP) is 5.08. The third-order valence-corrected chi connectivity index (χ3v) is 5.69. The molecule has 1 aliphatic rings. The molecule has 1 aliphatic carbocycles. The summed E-state index contributed by atoms with van der Waals surface area (Å²) in [6.07, 6.45) is 3.67. The number of nitrogens with zero attached hydrogens (tertiary/aromatic N) is 1. The van der Waals surface area contributed by atoms with Gasteiger partial charge in [0, 0.05) is 16.5 Å². The zero-order valence-corrected chi connectivity index (χ0v) is 13.4. The molecule has 0 spiro atoms. The van der Waals surface area contributed by atoms with E-state index in [4.69, 9.17) is 0 Å². The van der Waals surface area contributed by atoms with Gasteiger partial charge in [-0.25, -0.2) is 4.98 Å². The molecule has 108 valence electrons. The number of allylic oxidation sites excluding steroid dienone is 1. The maximum absolute atomic E-state index is 12.6. The van der Waals surface area contributed by atoms with Crippen molar-refractivity contribution in [2.45, 2.75) is 12.8 Å². The van der Waals surface area contributed by atoms with E-state index in [1.807, 2.05) is 41.8 Å². The molecule has 2 aromatic heterocycles. The smallest absolute Gasteiger partial charge is 0.189 e. The minimum Gasteiger partial charge on any atom is -0.289 e. The summed E-state index contributed by atoms with van der Waals surface area (Å²) in [6, 6.07) is 12.0. The first-order valence-corrected chi connectivity index (χ1v) is 8.90. The molecule has 0 aliphatic heterocycles. The van der Waals surface area contributed by atoms with Crippen LogP contribution in [0.2, 0.25) is 0 Å². The summed E-state index contributed by atoms with van der Waals surface area (Å²) in [6.45, 7) is 0. The Kier molecular flexibility index (Phi) is 3.48. The molecule has 3 aromatic rings. The number of Topliss-reactive ketones (excluding diaryl/α,β-unsaturated/α-hetero) is 1. The van der Waals surface area contributed by atoms with Crippen LogP contribution in [0.5, 0.6) is 0 Å². The van der Waals surface area contributed by atoms with E-state index < -0.39 is 0 Å². The van der Waals surface area contributed by atoms with Crippen molar-refractivity contribution in [3.8, 4) is 9.88 Å². The van der Waals surface area contributed by atoms with Crippen LogP contribution < -0.4 is 0 Å². The van der Waals surface area contributed by atoms with Crippen LogP contribution in [-0.2, 0) is 6.42 Å². The van der Waals surface area contributed by atoms with Gasteiger partial charge < -0.3 is 0 Å². The lowest BCUT2D eigenvalue weighted by atomic mass is 9.86. The number of fused-ring (bicyclic) bond motifs is 1. The van der Waals surface area contributed by atoms with Gasteiger partial charge in [-0.2, -0.15) is 0 Å². The molecular formula is C18H13NOS2. The average Bonchev–Trinajstić information content (AvgIpc) is 3.21. The highest BCUT2D eigenvalue weighted by molar-refractivity contribution is 7.20. The van der Waals surface area contributed by atoms with Crippen LogP contribution >= 0.6 is 22.7 Å². The molecule has 4 heteroatoms. The highest BCUT2D eigenvalue weighted by atomic mass is 32.1. The van der Waals surface area contributed by atoms with Crippen molar-refractivity contribution in [3.63, 3.8) is 0 Å². The van der Waals surface area contributed by atoms with Crippen LogP contribution in [0.3, 0.4) is 0 Å². The van der Waals surface area contributed by atoms with Gasteiger partial charge in [-0.05, 0) is 35.9 Å². The zero-order chi connectivity index (χ0) is 14.9. The molecule has 0 radical (unpaired) electrons. The van der Waals surface area contributed by atoms with Gasteiger partial charge in [0.1, 0.15) is 5.01 Å². The maximum Gasteiger partial charge on any atom is 0.189 e. The molecule has 0 amide bonds. The molecule has 0 saturated carbocycles. The first-order chi connectivity index (χ1) is 10.8. The summed E-state index contributed by atoms with van der Waals surface area (Å²) in [5.41, 5.74) is 3.74. The number of aryl methyl sites for hydroxylation is 1. The number of carbonyl (C=O) groups is 1. The fourth-order valence-corrected chi connectivity index (χ4v) is 4.29. The van der Waals surface area contributed by atoms with Gasteiger partial charge in [-0.3, -0.25) is 4.79 Å². The fraction of sp³-hybridized carbons (Fsp3) is 0.111. The molecule has 0 saturated heterocycles. The van der Waals surface area contributed by atoms with Crippen LogP contribution in [-0.4, -0.2) is 10.8 Å². The number of aromatic nitrogens is 1. The second-order valence-corrected chi connectivity index (χ2v) is 7.02. The Morgan fingerprint density at radius 3 is 2.82 bits per heavy atom. The molecule has 0 bridgehead atoms. The highest BCUT2D eigenvalue weighted by Gasteiger charge is 2.21. The van der Waals surface area contributed by atoms with Gasteiger partial charge in [0.15, 0.2) is 5.78 Å². The van der Waals surface area contributed by atoms with Crippen molar-refractivity contribution in [2.24, 2.45) is 0 Å². The Balaban J connectivity index is 1.65. The number of benzene rings is 1. The van der Waals surface area contributed by atoms with E-state index in [9.17, 15) is 4.79 Å². The molecule has 2 nitrogen and oxygen atoms in total. The highest BCUT2D eigenvalue weighted by Crippen LogP contribution is 2.30. The molecule has 1 aromatic carbocycles. The second kappa shape index (κ2) is 5.63. The molecule has 0 fully saturated rings. The van der Waals surface area contributed by atoms with Crippen LogP contribution in [0.15, 0.2) is 52.7 Å². The van der Waals surface area contributed by atoms with Crippen molar-refractivity contribution in [1.82, 2.24) is 4.98 Å². The zero-order valence-electron chi connectivity index (χ0n) is 11.8. The monoisotopic (exact) mass is 323 g/mol. The summed E-state index contributed by atoms with van der Waals surface area (Å²) in [7, 11) is 0. The first kappa shape index (κ1) is 13.6. The van der Waals surface area contributed by atoms with Crippen LogP contribution in [0.4, 0.5) is 0 Å². The van der Waals surface area contributed by atoms with Gasteiger partial charge >= 0.3 is 0 Å². The number of thiophene rings is 1. The van der Waals surface area contributed by atoms with Gasteiger partial charge in [-0.1, -0.05) is 30.3 Å². The quantitative estimate of drug-likeness (QED) is 0.615. The minimum atomic E-state index is 0.146. The van der Waals surface area contributed by atoms with E-state index >= 15 is 0 Å². The maximum atomic E-state index is 12.6. The fourth-order valence-electron chi connectivity index (χ4n) is 2.70. The lowest BCUT2D eigenvalue weighted by molar-refractivity contribution is 0.102. The largest absolute Gasteiger partial charge is 0.289 e. The van der Waals surface area contributed by atoms with Crippen LogP contribution in [0, 0.1) is 0 Å². The third-order valence-electron chi connectivity index (χ3n) is 3.79. The Bertz CT molecular complexity index is 859. The van der Waals surface area contributed by atoms with Gasteiger partial charge in [0.05, 0.1) is 10.6 Å². The Hall–Kier alpha value is -2.04. The number of carbonyl (C=O) groups excluding carboxylic acids is 1. The first-order valence-electron chi connectivity index (χ1n) is 7.14.